The van der Waals surface area contributed by atoms with Crippen LogP contribution in [0.4, 0.5) is 37.8 Å². The molecule has 1 N–H and O–H groups in total. The van der Waals surface area contributed by atoms with Crippen LogP contribution in [0.15, 0.2) is 18.2 Å². The van der Waals surface area contributed by atoms with Crippen molar-refractivity contribution in [1.29, 1.82) is 0 Å². The Morgan fingerprint density at radius 3 is 2.27 bits per heavy atom. The predicted molar refractivity (Wildman–Crippen MR) is 96.0 cm³/mol. The van der Waals surface area contributed by atoms with Gasteiger partial charge in [-0.3, -0.25) is 4.18 Å². The second-order valence-electron chi connectivity index (χ2n) is 6.05. The van der Waals surface area contributed by atoms with Crippen LogP contribution in [0, 0.1) is 6.92 Å². The smallest absolute Gasteiger partial charge is 0.339 e. The van der Waals surface area contributed by atoms with Crippen molar-refractivity contribution in [2.75, 3.05) is 18.2 Å². The lowest BCUT2D eigenvalue weighted by Gasteiger charge is -2.18. The minimum Gasteiger partial charge on any atom is -0.339 e. The fraction of sp³-hybridized carbons (Fsp3) is 0.375. The van der Waals surface area contributed by atoms with E-state index in [1.165, 1.54) is 6.92 Å². The second kappa shape index (κ2) is 8.55. The highest BCUT2D eigenvalue weighted by Gasteiger charge is 2.38. The van der Waals surface area contributed by atoms with Gasteiger partial charge in [-0.05, 0) is 25.1 Å². The molecule has 0 amide bonds. The van der Waals surface area contributed by atoms with Crippen LogP contribution in [-0.2, 0) is 33.1 Å². The van der Waals surface area contributed by atoms with Crippen molar-refractivity contribution in [2.45, 2.75) is 25.7 Å². The number of anilines is 2. The van der Waals surface area contributed by atoms with Crippen LogP contribution in [0.3, 0.4) is 0 Å². The number of aromatic nitrogens is 2. The van der Waals surface area contributed by atoms with Gasteiger partial charge in [-0.1, -0.05) is 11.6 Å². The Bertz CT molecular complexity index is 1040. The van der Waals surface area contributed by atoms with Crippen LogP contribution in [0.1, 0.15) is 22.5 Å². The summed E-state index contributed by atoms with van der Waals surface area (Å²) in [6, 6.07) is 1.08. The first-order valence-corrected chi connectivity index (χ1v) is 10.2. The molecule has 14 heteroatoms. The van der Waals surface area contributed by atoms with E-state index in [4.69, 9.17) is 11.6 Å². The molecular formula is C16H14ClF6N3O3S. The van der Waals surface area contributed by atoms with Gasteiger partial charge < -0.3 is 5.32 Å². The normalized spacial score (nSPS) is 12.8. The van der Waals surface area contributed by atoms with E-state index in [0.29, 0.717) is 12.1 Å². The lowest BCUT2D eigenvalue weighted by Crippen LogP contribution is -2.14. The van der Waals surface area contributed by atoms with Crippen molar-refractivity contribution >= 4 is 33.2 Å². The number of rotatable bonds is 6. The average molecular weight is 478 g/mol. The van der Waals surface area contributed by atoms with Gasteiger partial charge in [-0.25, -0.2) is 9.97 Å². The third kappa shape index (κ3) is 6.44. The molecule has 0 aliphatic carbocycles. The van der Waals surface area contributed by atoms with E-state index >= 15 is 0 Å². The molecule has 6 nitrogen and oxygen atoms in total. The summed E-state index contributed by atoms with van der Waals surface area (Å²) >= 11 is 6.00. The second-order valence-corrected chi connectivity index (χ2v) is 8.05. The first-order chi connectivity index (χ1) is 13.6. The van der Waals surface area contributed by atoms with Gasteiger partial charge in [0.25, 0.3) is 10.1 Å². The monoisotopic (exact) mass is 477 g/mol. The van der Waals surface area contributed by atoms with Gasteiger partial charge in [0, 0.05) is 12.0 Å². The van der Waals surface area contributed by atoms with Crippen LogP contribution >= 0.6 is 11.6 Å². The number of hydrogen-bond donors (Lipinski definition) is 1. The van der Waals surface area contributed by atoms with Crippen LogP contribution in [0.5, 0.6) is 0 Å². The zero-order valence-electron chi connectivity index (χ0n) is 15.3. The number of nitrogens with zero attached hydrogens (tertiary/aromatic N) is 2. The standard InChI is InChI=1S/C16H14ClF6N3O3S/c1-8-24-13(17)10(5-6-29-30(2,27)28)14(25-8)26-12-4-3-9(15(18,19)20)7-11(12)16(21,22)23/h3-4,7H,5-6H2,1-2H3,(H,24,25,26). The van der Waals surface area contributed by atoms with Crippen molar-refractivity contribution in [1.82, 2.24) is 9.97 Å². The fourth-order valence-electron chi connectivity index (χ4n) is 2.37. The molecule has 0 radical (unpaired) electrons. The molecule has 0 saturated carbocycles. The molecule has 1 aromatic carbocycles. The van der Waals surface area contributed by atoms with E-state index in [9.17, 15) is 34.8 Å². The van der Waals surface area contributed by atoms with Crippen molar-refractivity contribution in [2.24, 2.45) is 0 Å². The summed E-state index contributed by atoms with van der Waals surface area (Å²) in [6.45, 7) is 0.990. The Hall–Kier alpha value is -2.12. The number of alkyl halides is 6. The molecule has 1 aromatic heterocycles. The van der Waals surface area contributed by atoms with Gasteiger partial charge in [0.2, 0.25) is 0 Å². The van der Waals surface area contributed by atoms with Crippen molar-refractivity contribution < 1.29 is 38.9 Å². The molecule has 0 atom stereocenters. The number of nitrogens with one attached hydrogen (secondary N) is 1. The first-order valence-electron chi connectivity index (χ1n) is 8.01. The number of halogens is 7. The summed E-state index contributed by atoms with van der Waals surface area (Å²) < 4.78 is 105. The molecule has 166 valence electrons. The Morgan fingerprint density at radius 2 is 1.73 bits per heavy atom. The van der Waals surface area contributed by atoms with Crippen LogP contribution in [-0.4, -0.2) is 31.2 Å². The molecule has 0 aliphatic heterocycles. The number of benzene rings is 1. The maximum atomic E-state index is 13.4. The van der Waals surface area contributed by atoms with Gasteiger partial charge in [0.1, 0.15) is 16.8 Å². The maximum absolute atomic E-state index is 13.4. The Morgan fingerprint density at radius 1 is 1.10 bits per heavy atom. The highest BCUT2D eigenvalue weighted by Crippen LogP contribution is 2.40. The zero-order chi connectivity index (χ0) is 22.9. The maximum Gasteiger partial charge on any atom is 0.418 e. The van der Waals surface area contributed by atoms with E-state index < -0.39 is 45.9 Å². The molecule has 0 spiro atoms. The molecule has 0 bridgehead atoms. The lowest BCUT2D eigenvalue weighted by molar-refractivity contribution is -0.142. The largest absolute Gasteiger partial charge is 0.418 e. The molecule has 2 rings (SSSR count). The van der Waals surface area contributed by atoms with E-state index in [1.54, 1.807) is 0 Å². The minimum absolute atomic E-state index is 0.0234. The number of hydrogen-bond acceptors (Lipinski definition) is 6. The fourth-order valence-corrected chi connectivity index (χ4v) is 3.07. The molecule has 0 fully saturated rings. The summed E-state index contributed by atoms with van der Waals surface area (Å²) in [6.07, 6.45) is -9.47. The Balaban J connectivity index is 2.49. The molecule has 30 heavy (non-hydrogen) atoms. The molecule has 1 heterocycles. The third-order valence-corrected chi connectivity index (χ3v) is 4.53. The Labute approximate surface area is 172 Å². The van der Waals surface area contributed by atoms with Crippen molar-refractivity contribution in [3.05, 3.63) is 45.9 Å². The highest BCUT2D eigenvalue weighted by molar-refractivity contribution is 7.85. The first kappa shape index (κ1) is 24.2. The molecule has 0 unspecified atom stereocenters. The van der Waals surface area contributed by atoms with E-state index in [1.807, 2.05) is 0 Å². The topological polar surface area (TPSA) is 81.2 Å². The minimum atomic E-state index is -5.10. The Kier molecular flexibility index (Phi) is 6.89. The molecular weight excluding hydrogens is 464 g/mol. The molecule has 2 aromatic rings. The van der Waals surface area contributed by atoms with Crippen molar-refractivity contribution in [3.8, 4) is 0 Å². The van der Waals surface area contributed by atoms with Crippen LogP contribution < -0.4 is 5.32 Å². The lowest BCUT2D eigenvalue weighted by atomic mass is 10.1. The van der Waals surface area contributed by atoms with Gasteiger partial charge in [-0.15, -0.1) is 0 Å². The van der Waals surface area contributed by atoms with E-state index in [-0.39, 0.29) is 34.8 Å². The molecule has 0 aliphatic rings. The van der Waals surface area contributed by atoms with E-state index in [0.717, 1.165) is 6.26 Å². The third-order valence-electron chi connectivity index (χ3n) is 3.62. The summed E-state index contributed by atoms with van der Waals surface area (Å²) in [5.41, 5.74) is -3.71. The SMILES string of the molecule is Cc1nc(Cl)c(CCOS(C)(=O)=O)c(Nc2ccc(C(F)(F)F)cc2C(F)(F)F)n1. The summed E-state index contributed by atoms with van der Waals surface area (Å²) in [7, 11) is -3.79. The molecule has 0 saturated heterocycles. The van der Waals surface area contributed by atoms with Gasteiger partial charge >= 0.3 is 12.4 Å². The van der Waals surface area contributed by atoms with Crippen molar-refractivity contribution in [3.63, 3.8) is 0 Å². The summed E-state index contributed by atoms with van der Waals surface area (Å²) in [4.78, 5) is 7.78. The van der Waals surface area contributed by atoms with Crippen LogP contribution in [0.25, 0.3) is 0 Å². The number of aryl methyl sites for hydroxylation is 1. The van der Waals surface area contributed by atoms with Crippen LogP contribution in [0.2, 0.25) is 5.15 Å². The average Bonchev–Trinajstić information content (AvgIpc) is 2.54. The van der Waals surface area contributed by atoms with E-state index in [2.05, 4.69) is 19.5 Å². The highest BCUT2D eigenvalue weighted by atomic mass is 35.5. The van der Waals surface area contributed by atoms with Gasteiger partial charge in [-0.2, -0.15) is 34.8 Å². The van der Waals surface area contributed by atoms with Gasteiger partial charge in [0.05, 0.1) is 29.7 Å². The predicted octanol–water partition coefficient (Wildman–Crippen LogP) is 4.74. The zero-order valence-corrected chi connectivity index (χ0v) is 16.9. The quantitative estimate of drug-likeness (QED) is 0.368. The van der Waals surface area contributed by atoms with Gasteiger partial charge in [0.15, 0.2) is 0 Å². The summed E-state index contributed by atoms with van der Waals surface area (Å²) in [5.74, 6) is -0.161. The summed E-state index contributed by atoms with van der Waals surface area (Å²) in [5, 5.41) is 2.15.